The molecule has 5 nitrogen and oxygen atoms in total. The van der Waals surface area contributed by atoms with Crippen LogP contribution in [0.25, 0.3) is 0 Å². The largest absolute Gasteiger partial charge is 0.481 e. The van der Waals surface area contributed by atoms with Gasteiger partial charge in [0.25, 0.3) is 0 Å². The number of rotatable bonds is 5. The van der Waals surface area contributed by atoms with Crippen molar-refractivity contribution in [3.8, 4) is 5.88 Å². The Bertz CT molecular complexity index is 592. The Labute approximate surface area is 119 Å². The second-order valence-electron chi connectivity index (χ2n) is 4.93. The third-order valence-electron chi connectivity index (χ3n) is 3.35. The first-order valence-corrected chi connectivity index (χ1v) is 6.67. The van der Waals surface area contributed by atoms with Crippen LogP contribution in [0.5, 0.6) is 5.88 Å². The topological polar surface area (TPSA) is 65.1 Å². The molecule has 1 atom stereocenters. The van der Waals surface area contributed by atoms with Crippen LogP contribution in [0.2, 0.25) is 0 Å². The fourth-order valence-electron chi connectivity index (χ4n) is 2.48. The van der Waals surface area contributed by atoms with Crippen molar-refractivity contribution < 1.29 is 4.74 Å². The quantitative estimate of drug-likeness (QED) is 0.877. The first kappa shape index (κ1) is 14.4. The van der Waals surface area contributed by atoms with Crippen molar-refractivity contribution in [1.82, 2.24) is 9.78 Å². The Morgan fingerprint density at radius 2 is 2.15 bits per heavy atom. The molecule has 3 N–H and O–H groups in total. The highest BCUT2D eigenvalue weighted by Gasteiger charge is 2.22. The zero-order valence-electron chi connectivity index (χ0n) is 12.5. The molecule has 5 heteroatoms. The molecule has 0 saturated heterocycles. The molecule has 0 aliphatic carbocycles. The summed E-state index contributed by atoms with van der Waals surface area (Å²) in [4.78, 5) is 0. The van der Waals surface area contributed by atoms with Crippen molar-refractivity contribution >= 4 is 5.69 Å². The van der Waals surface area contributed by atoms with Crippen LogP contribution in [0.3, 0.4) is 0 Å². The lowest BCUT2D eigenvalue weighted by Gasteiger charge is -2.19. The Morgan fingerprint density at radius 3 is 2.75 bits per heavy atom. The number of hydrogen-bond acceptors (Lipinski definition) is 4. The smallest absolute Gasteiger partial charge is 0.216 e. The molecule has 0 bridgehead atoms. The molecule has 0 radical (unpaired) electrons. The first-order valence-electron chi connectivity index (χ1n) is 6.67. The van der Waals surface area contributed by atoms with E-state index in [1.807, 2.05) is 26.1 Å². The summed E-state index contributed by atoms with van der Waals surface area (Å²) in [6.07, 6.45) is 0. The maximum atomic E-state index is 5.94. The van der Waals surface area contributed by atoms with E-state index in [0.717, 1.165) is 22.8 Å². The Balaban J connectivity index is 2.33. The standard InChI is InChI=1S/C15H22N4O/c1-10-6-5-7-12(8-10)17-13(9-16)14-11(2)18-19(3)15(14)20-4/h5-8,13,17H,9,16H2,1-4H3. The van der Waals surface area contributed by atoms with Crippen LogP contribution in [0.1, 0.15) is 22.9 Å². The molecule has 0 spiro atoms. The molecule has 1 unspecified atom stereocenters. The summed E-state index contributed by atoms with van der Waals surface area (Å²) in [5.41, 5.74) is 10.1. The second-order valence-corrected chi connectivity index (χ2v) is 4.93. The normalized spacial score (nSPS) is 12.2. The van der Waals surface area contributed by atoms with Crippen molar-refractivity contribution in [2.24, 2.45) is 12.8 Å². The van der Waals surface area contributed by atoms with E-state index in [1.54, 1.807) is 11.8 Å². The SMILES string of the molecule is COc1c(C(CN)Nc2cccc(C)c2)c(C)nn1C. The molecule has 2 aromatic rings. The van der Waals surface area contributed by atoms with Crippen molar-refractivity contribution in [1.29, 1.82) is 0 Å². The van der Waals surface area contributed by atoms with Crippen molar-refractivity contribution in [3.05, 3.63) is 41.1 Å². The average Bonchev–Trinajstić information content (AvgIpc) is 2.70. The van der Waals surface area contributed by atoms with Gasteiger partial charge in [0.15, 0.2) is 0 Å². The van der Waals surface area contributed by atoms with Gasteiger partial charge in [0.05, 0.1) is 24.4 Å². The van der Waals surface area contributed by atoms with Gasteiger partial charge in [0, 0.05) is 19.3 Å². The Hall–Kier alpha value is -2.01. The summed E-state index contributed by atoms with van der Waals surface area (Å²) >= 11 is 0. The summed E-state index contributed by atoms with van der Waals surface area (Å²) in [7, 11) is 3.52. The molecule has 1 aromatic heterocycles. The monoisotopic (exact) mass is 274 g/mol. The molecule has 0 aliphatic rings. The maximum absolute atomic E-state index is 5.94. The number of nitrogens with one attached hydrogen (secondary N) is 1. The molecule has 1 heterocycles. The third kappa shape index (κ3) is 2.77. The lowest BCUT2D eigenvalue weighted by atomic mass is 10.1. The van der Waals surface area contributed by atoms with E-state index in [0.29, 0.717) is 6.54 Å². The number of aryl methyl sites for hydroxylation is 3. The van der Waals surface area contributed by atoms with E-state index in [1.165, 1.54) is 5.56 Å². The summed E-state index contributed by atoms with van der Waals surface area (Å²) in [6.45, 7) is 4.51. The van der Waals surface area contributed by atoms with Gasteiger partial charge < -0.3 is 15.8 Å². The minimum Gasteiger partial charge on any atom is -0.481 e. The summed E-state index contributed by atoms with van der Waals surface area (Å²) < 4.78 is 7.19. The van der Waals surface area contributed by atoms with E-state index in [4.69, 9.17) is 10.5 Å². The molecule has 0 amide bonds. The Kier molecular flexibility index (Phi) is 4.29. The number of benzene rings is 1. The molecule has 2 rings (SSSR count). The van der Waals surface area contributed by atoms with E-state index < -0.39 is 0 Å². The number of aromatic nitrogens is 2. The summed E-state index contributed by atoms with van der Waals surface area (Å²) in [6, 6.07) is 8.20. The zero-order chi connectivity index (χ0) is 14.7. The number of anilines is 1. The van der Waals surface area contributed by atoms with Crippen LogP contribution in [-0.2, 0) is 7.05 Å². The average molecular weight is 274 g/mol. The summed E-state index contributed by atoms with van der Waals surface area (Å²) in [5.74, 6) is 0.748. The van der Waals surface area contributed by atoms with Crippen LogP contribution in [-0.4, -0.2) is 23.4 Å². The van der Waals surface area contributed by atoms with Crippen LogP contribution < -0.4 is 15.8 Å². The maximum Gasteiger partial charge on any atom is 0.216 e. The minimum absolute atomic E-state index is 0.0274. The number of ether oxygens (including phenoxy) is 1. The van der Waals surface area contributed by atoms with Crippen molar-refractivity contribution in [2.45, 2.75) is 19.9 Å². The highest BCUT2D eigenvalue weighted by Crippen LogP contribution is 2.30. The van der Waals surface area contributed by atoms with Gasteiger partial charge in [-0.15, -0.1) is 0 Å². The molecule has 0 aliphatic heterocycles. The predicted octanol–water partition coefficient (Wildman–Crippen LogP) is 2.16. The summed E-state index contributed by atoms with van der Waals surface area (Å²) in [5, 5.41) is 7.86. The molecular formula is C15H22N4O. The van der Waals surface area contributed by atoms with Gasteiger partial charge in [-0.2, -0.15) is 5.10 Å². The number of nitrogens with zero attached hydrogens (tertiary/aromatic N) is 2. The van der Waals surface area contributed by atoms with Crippen LogP contribution in [0.4, 0.5) is 5.69 Å². The van der Waals surface area contributed by atoms with Gasteiger partial charge in [-0.3, -0.25) is 0 Å². The van der Waals surface area contributed by atoms with Gasteiger partial charge in [-0.05, 0) is 31.5 Å². The van der Waals surface area contributed by atoms with Gasteiger partial charge in [-0.1, -0.05) is 12.1 Å². The first-order chi connectivity index (χ1) is 9.56. The lowest BCUT2D eigenvalue weighted by molar-refractivity contribution is 0.367. The predicted molar refractivity (Wildman–Crippen MR) is 81.1 cm³/mol. The minimum atomic E-state index is -0.0274. The van der Waals surface area contributed by atoms with E-state index >= 15 is 0 Å². The van der Waals surface area contributed by atoms with Gasteiger partial charge in [-0.25, -0.2) is 4.68 Å². The van der Waals surface area contributed by atoms with Crippen LogP contribution in [0.15, 0.2) is 24.3 Å². The molecule has 1 aromatic carbocycles. The number of hydrogen-bond donors (Lipinski definition) is 2. The second kappa shape index (κ2) is 5.96. The van der Waals surface area contributed by atoms with Gasteiger partial charge in [0.1, 0.15) is 0 Å². The molecule has 20 heavy (non-hydrogen) atoms. The fraction of sp³-hybridized carbons (Fsp3) is 0.400. The molecular weight excluding hydrogens is 252 g/mol. The molecule has 0 saturated carbocycles. The van der Waals surface area contributed by atoms with E-state index in [9.17, 15) is 0 Å². The van der Waals surface area contributed by atoms with Crippen LogP contribution in [0, 0.1) is 13.8 Å². The number of nitrogens with two attached hydrogens (primary N) is 1. The highest BCUT2D eigenvalue weighted by molar-refractivity contribution is 5.49. The fourth-order valence-corrected chi connectivity index (χ4v) is 2.48. The van der Waals surface area contributed by atoms with Crippen molar-refractivity contribution in [3.63, 3.8) is 0 Å². The molecule has 108 valence electrons. The Morgan fingerprint density at radius 1 is 1.40 bits per heavy atom. The molecule has 0 fully saturated rings. The third-order valence-corrected chi connectivity index (χ3v) is 3.35. The van der Waals surface area contributed by atoms with Crippen LogP contribution >= 0.6 is 0 Å². The van der Waals surface area contributed by atoms with Gasteiger partial charge in [0.2, 0.25) is 5.88 Å². The van der Waals surface area contributed by atoms with Crippen molar-refractivity contribution in [2.75, 3.05) is 19.0 Å². The number of methoxy groups -OCH3 is 1. The highest BCUT2D eigenvalue weighted by atomic mass is 16.5. The zero-order valence-corrected chi connectivity index (χ0v) is 12.5. The van der Waals surface area contributed by atoms with E-state index in [-0.39, 0.29) is 6.04 Å². The lowest BCUT2D eigenvalue weighted by Crippen LogP contribution is -2.21. The van der Waals surface area contributed by atoms with Gasteiger partial charge >= 0.3 is 0 Å². The van der Waals surface area contributed by atoms with E-state index in [2.05, 4.69) is 29.5 Å².